The molecular weight excluding hydrogens is 256 g/mol. The van der Waals surface area contributed by atoms with E-state index >= 15 is 0 Å². The van der Waals surface area contributed by atoms with Crippen LogP contribution in [0.1, 0.15) is 28.3 Å². The third-order valence-electron chi connectivity index (χ3n) is 3.33. The van der Waals surface area contributed by atoms with Gasteiger partial charge in [0.1, 0.15) is 5.58 Å². The van der Waals surface area contributed by atoms with E-state index in [0.29, 0.717) is 6.42 Å². The summed E-state index contributed by atoms with van der Waals surface area (Å²) >= 11 is 1.77. The Balaban J connectivity index is 1.85. The van der Waals surface area contributed by atoms with Crippen LogP contribution in [-0.2, 0) is 12.8 Å². The second-order valence-electron chi connectivity index (χ2n) is 4.63. The summed E-state index contributed by atoms with van der Waals surface area (Å²) in [4.78, 5) is 2.58. The standard InChI is InChI=1S/C16H16O2S/c1-2-11-7-8-12(19-11)9-15(17)14-10-18-16-6-4-3-5-13(14)16/h3-8,10,15,17H,2,9H2,1H3. The van der Waals surface area contributed by atoms with Crippen LogP contribution in [0.25, 0.3) is 11.0 Å². The molecule has 3 rings (SSSR count). The lowest BCUT2D eigenvalue weighted by molar-refractivity contribution is 0.180. The summed E-state index contributed by atoms with van der Waals surface area (Å²) in [6.45, 7) is 2.15. The molecule has 0 saturated heterocycles. The van der Waals surface area contributed by atoms with E-state index in [1.807, 2.05) is 24.3 Å². The van der Waals surface area contributed by atoms with Crippen molar-refractivity contribution in [3.63, 3.8) is 0 Å². The summed E-state index contributed by atoms with van der Waals surface area (Å²) in [5, 5.41) is 11.4. The molecule has 1 atom stereocenters. The second kappa shape index (κ2) is 5.19. The molecule has 98 valence electrons. The van der Waals surface area contributed by atoms with Gasteiger partial charge >= 0.3 is 0 Å². The molecule has 0 spiro atoms. The zero-order chi connectivity index (χ0) is 13.2. The number of aliphatic hydroxyl groups excluding tert-OH is 1. The maximum atomic E-state index is 10.4. The Labute approximate surface area is 116 Å². The Morgan fingerprint density at radius 2 is 1.95 bits per heavy atom. The van der Waals surface area contributed by atoms with Gasteiger partial charge in [0.25, 0.3) is 0 Å². The van der Waals surface area contributed by atoms with E-state index in [4.69, 9.17) is 4.42 Å². The van der Waals surface area contributed by atoms with Crippen LogP contribution in [0.3, 0.4) is 0 Å². The molecule has 0 aliphatic carbocycles. The number of hydrogen-bond acceptors (Lipinski definition) is 3. The van der Waals surface area contributed by atoms with Crippen molar-refractivity contribution in [3.05, 3.63) is 58.0 Å². The fraction of sp³-hybridized carbons (Fsp3) is 0.250. The van der Waals surface area contributed by atoms with Crippen molar-refractivity contribution < 1.29 is 9.52 Å². The highest BCUT2D eigenvalue weighted by atomic mass is 32.1. The van der Waals surface area contributed by atoms with Gasteiger partial charge in [-0.1, -0.05) is 25.1 Å². The number of benzene rings is 1. The Morgan fingerprint density at radius 1 is 1.16 bits per heavy atom. The minimum absolute atomic E-state index is 0.507. The predicted octanol–water partition coefficient (Wildman–Crippen LogP) is 4.33. The molecule has 2 heterocycles. The zero-order valence-electron chi connectivity index (χ0n) is 10.8. The third kappa shape index (κ3) is 2.44. The van der Waals surface area contributed by atoms with Crippen LogP contribution >= 0.6 is 11.3 Å². The summed E-state index contributed by atoms with van der Waals surface area (Å²) in [6, 6.07) is 12.1. The van der Waals surface area contributed by atoms with Crippen LogP contribution in [0, 0.1) is 0 Å². The van der Waals surface area contributed by atoms with E-state index in [9.17, 15) is 5.11 Å². The van der Waals surface area contributed by atoms with E-state index in [1.165, 1.54) is 9.75 Å². The molecule has 0 amide bonds. The SMILES string of the molecule is CCc1ccc(CC(O)c2coc3ccccc23)s1. The van der Waals surface area contributed by atoms with Crippen LogP contribution in [0.4, 0.5) is 0 Å². The molecule has 1 unspecified atom stereocenters. The molecule has 0 aliphatic rings. The number of hydrogen-bond donors (Lipinski definition) is 1. The zero-order valence-corrected chi connectivity index (χ0v) is 11.6. The summed E-state index contributed by atoms with van der Waals surface area (Å²) in [5.41, 5.74) is 1.71. The van der Waals surface area contributed by atoms with Crippen molar-refractivity contribution in [1.29, 1.82) is 0 Å². The first-order valence-electron chi connectivity index (χ1n) is 6.49. The molecule has 0 aliphatic heterocycles. The van der Waals surface area contributed by atoms with Crippen LogP contribution in [0.2, 0.25) is 0 Å². The van der Waals surface area contributed by atoms with Crippen molar-refractivity contribution in [2.75, 3.05) is 0 Å². The molecule has 0 bridgehead atoms. The number of thiophene rings is 1. The van der Waals surface area contributed by atoms with E-state index in [1.54, 1.807) is 17.6 Å². The predicted molar refractivity (Wildman–Crippen MR) is 78.6 cm³/mol. The number of aliphatic hydroxyl groups is 1. The van der Waals surface area contributed by atoms with Gasteiger partial charge in [-0.2, -0.15) is 0 Å². The lowest BCUT2D eigenvalue weighted by atomic mass is 10.1. The molecule has 0 saturated carbocycles. The lowest BCUT2D eigenvalue weighted by Gasteiger charge is -2.07. The molecule has 2 nitrogen and oxygen atoms in total. The number of aryl methyl sites for hydroxylation is 1. The van der Waals surface area contributed by atoms with Gasteiger partial charge in [-0.05, 0) is 24.6 Å². The smallest absolute Gasteiger partial charge is 0.134 e. The Morgan fingerprint density at radius 3 is 2.74 bits per heavy atom. The fourth-order valence-electron chi connectivity index (χ4n) is 2.28. The molecule has 1 N–H and O–H groups in total. The normalized spacial score (nSPS) is 12.9. The van der Waals surface area contributed by atoms with Crippen LogP contribution in [0.15, 0.2) is 47.1 Å². The van der Waals surface area contributed by atoms with E-state index in [2.05, 4.69) is 19.1 Å². The molecular formula is C16H16O2S. The van der Waals surface area contributed by atoms with Gasteiger partial charge in [-0.3, -0.25) is 0 Å². The number of para-hydroxylation sites is 1. The van der Waals surface area contributed by atoms with E-state index in [0.717, 1.165) is 23.0 Å². The van der Waals surface area contributed by atoms with Gasteiger partial charge in [0.15, 0.2) is 0 Å². The molecule has 2 aromatic heterocycles. The van der Waals surface area contributed by atoms with Crippen molar-refractivity contribution in [2.45, 2.75) is 25.9 Å². The molecule has 0 fully saturated rings. The Hall–Kier alpha value is -1.58. The molecule has 19 heavy (non-hydrogen) atoms. The first kappa shape index (κ1) is 12.5. The van der Waals surface area contributed by atoms with Crippen molar-refractivity contribution in [1.82, 2.24) is 0 Å². The van der Waals surface area contributed by atoms with E-state index in [-0.39, 0.29) is 0 Å². The van der Waals surface area contributed by atoms with Gasteiger partial charge in [0.2, 0.25) is 0 Å². The van der Waals surface area contributed by atoms with Gasteiger partial charge in [0, 0.05) is 27.1 Å². The summed E-state index contributed by atoms with van der Waals surface area (Å²) in [7, 11) is 0. The first-order chi connectivity index (χ1) is 9.28. The summed E-state index contributed by atoms with van der Waals surface area (Å²) < 4.78 is 5.48. The summed E-state index contributed by atoms with van der Waals surface area (Å²) in [6.07, 6.45) is 2.86. The van der Waals surface area contributed by atoms with E-state index < -0.39 is 6.10 Å². The minimum atomic E-state index is -0.507. The number of rotatable bonds is 4. The van der Waals surface area contributed by atoms with Crippen LogP contribution in [-0.4, -0.2) is 5.11 Å². The molecule has 3 aromatic rings. The topological polar surface area (TPSA) is 33.4 Å². The maximum absolute atomic E-state index is 10.4. The second-order valence-corrected chi connectivity index (χ2v) is 5.88. The Kier molecular flexibility index (Phi) is 3.40. The largest absolute Gasteiger partial charge is 0.464 e. The first-order valence-corrected chi connectivity index (χ1v) is 7.31. The fourth-order valence-corrected chi connectivity index (χ4v) is 3.27. The highest BCUT2D eigenvalue weighted by Crippen LogP contribution is 2.30. The van der Waals surface area contributed by atoms with Crippen molar-refractivity contribution in [3.8, 4) is 0 Å². The monoisotopic (exact) mass is 272 g/mol. The minimum Gasteiger partial charge on any atom is -0.464 e. The molecule has 3 heteroatoms. The van der Waals surface area contributed by atoms with Gasteiger partial charge in [-0.15, -0.1) is 11.3 Å². The average molecular weight is 272 g/mol. The van der Waals surface area contributed by atoms with Crippen molar-refractivity contribution in [2.24, 2.45) is 0 Å². The quantitative estimate of drug-likeness (QED) is 0.766. The van der Waals surface area contributed by atoms with Gasteiger partial charge < -0.3 is 9.52 Å². The number of furan rings is 1. The molecule has 0 radical (unpaired) electrons. The van der Waals surface area contributed by atoms with Crippen LogP contribution in [0.5, 0.6) is 0 Å². The van der Waals surface area contributed by atoms with Gasteiger partial charge in [-0.25, -0.2) is 0 Å². The molecule has 1 aromatic carbocycles. The van der Waals surface area contributed by atoms with Gasteiger partial charge in [0.05, 0.1) is 12.4 Å². The summed E-state index contributed by atoms with van der Waals surface area (Å²) in [5.74, 6) is 0. The number of fused-ring (bicyclic) bond motifs is 1. The lowest BCUT2D eigenvalue weighted by Crippen LogP contribution is -1.99. The highest BCUT2D eigenvalue weighted by molar-refractivity contribution is 7.11. The van der Waals surface area contributed by atoms with Crippen LogP contribution < -0.4 is 0 Å². The maximum Gasteiger partial charge on any atom is 0.134 e. The average Bonchev–Trinajstić information content (AvgIpc) is 3.04. The third-order valence-corrected chi connectivity index (χ3v) is 4.58. The highest BCUT2D eigenvalue weighted by Gasteiger charge is 2.15. The van der Waals surface area contributed by atoms with Crippen molar-refractivity contribution >= 4 is 22.3 Å². The Bertz CT molecular complexity index is 681.